The lowest BCUT2D eigenvalue weighted by atomic mass is 10.1. The highest BCUT2D eigenvalue weighted by Crippen LogP contribution is 2.31. The molecule has 0 aliphatic carbocycles. The summed E-state index contributed by atoms with van der Waals surface area (Å²) in [5.74, 6) is 3.18. The second-order valence-electron chi connectivity index (χ2n) is 4.25. The Morgan fingerprint density at radius 1 is 1.50 bits per heavy atom. The third kappa shape index (κ3) is 2.25. The van der Waals surface area contributed by atoms with E-state index in [2.05, 4.69) is 11.2 Å². The van der Waals surface area contributed by atoms with Gasteiger partial charge in [-0.2, -0.15) is 0 Å². The van der Waals surface area contributed by atoms with Crippen molar-refractivity contribution in [3.63, 3.8) is 0 Å². The fourth-order valence-electron chi connectivity index (χ4n) is 2.17. The highest BCUT2D eigenvalue weighted by atomic mass is 19.1. The van der Waals surface area contributed by atoms with Crippen molar-refractivity contribution in [2.45, 2.75) is 26.3 Å². The quantitative estimate of drug-likeness (QED) is 0.833. The first kappa shape index (κ1) is 12.7. The highest BCUT2D eigenvalue weighted by Gasteiger charge is 2.19. The van der Waals surface area contributed by atoms with Gasteiger partial charge in [-0.05, 0) is 31.7 Å². The van der Waals surface area contributed by atoms with Crippen molar-refractivity contribution >= 4 is 11.0 Å². The lowest BCUT2D eigenvalue weighted by molar-refractivity contribution is 0.439. The summed E-state index contributed by atoms with van der Waals surface area (Å²) in [6.45, 7) is 4.75. The van der Waals surface area contributed by atoms with Gasteiger partial charge in [0.15, 0.2) is 0 Å². The zero-order valence-corrected chi connectivity index (χ0v) is 10.6. The van der Waals surface area contributed by atoms with Gasteiger partial charge in [0.1, 0.15) is 17.2 Å². The molecule has 1 aromatic heterocycles. The van der Waals surface area contributed by atoms with E-state index < -0.39 is 0 Å². The molecule has 1 unspecified atom stereocenters. The molecule has 0 saturated heterocycles. The van der Waals surface area contributed by atoms with E-state index in [0.717, 1.165) is 23.3 Å². The van der Waals surface area contributed by atoms with Crippen LogP contribution in [-0.4, -0.2) is 6.54 Å². The zero-order chi connectivity index (χ0) is 13.1. The molecule has 0 saturated carbocycles. The molecular weight excluding hydrogens is 229 g/mol. The molecule has 1 atom stereocenters. The van der Waals surface area contributed by atoms with Gasteiger partial charge in [-0.15, -0.1) is 12.3 Å². The summed E-state index contributed by atoms with van der Waals surface area (Å²) in [5.41, 5.74) is 1.65. The molecule has 1 N–H and O–H groups in total. The van der Waals surface area contributed by atoms with Gasteiger partial charge in [-0.1, -0.05) is 6.92 Å². The van der Waals surface area contributed by atoms with Gasteiger partial charge in [-0.3, -0.25) is 0 Å². The van der Waals surface area contributed by atoms with Gasteiger partial charge in [0.2, 0.25) is 0 Å². The van der Waals surface area contributed by atoms with E-state index in [1.165, 1.54) is 12.1 Å². The number of furan rings is 1. The predicted octanol–water partition coefficient (Wildman–Crippen LogP) is 3.55. The molecule has 2 rings (SSSR count). The standard InChI is InChI=1S/C15H16FNO/c1-4-6-13(17-5-2)15-10(3)12-9-11(16)7-8-14(12)18-15/h1,7-9,13,17H,5-6H2,2-3H3. The number of benzene rings is 1. The molecule has 18 heavy (non-hydrogen) atoms. The van der Waals surface area contributed by atoms with Gasteiger partial charge >= 0.3 is 0 Å². The average molecular weight is 245 g/mol. The van der Waals surface area contributed by atoms with E-state index in [0.29, 0.717) is 12.0 Å². The Bertz CT molecular complexity index is 594. The molecule has 0 fully saturated rings. The third-order valence-corrected chi connectivity index (χ3v) is 3.02. The lowest BCUT2D eigenvalue weighted by Gasteiger charge is -2.13. The minimum absolute atomic E-state index is 0.0181. The normalized spacial score (nSPS) is 12.6. The molecule has 1 aromatic carbocycles. The minimum Gasteiger partial charge on any atom is -0.459 e. The Morgan fingerprint density at radius 3 is 2.94 bits per heavy atom. The summed E-state index contributed by atoms with van der Waals surface area (Å²) in [5, 5.41) is 4.10. The van der Waals surface area contributed by atoms with Crippen molar-refractivity contribution in [2.24, 2.45) is 0 Å². The van der Waals surface area contributed by atoms with Crippen LogP contribution in [0.3, 0.4) is 0 Å². The average Bonchev–Trinajstić information content (AvgIpc) is 2.67. The molecule has 3 heteroatoms. The molecule has 0 radical (unpaired) electrons. The van der Waals surface area contributed by atoms with Gasteiger partial charge in [-0.25, -0.2) is 4.39 Å². The highest BCUT2D eigenvalue weighted by molar-refractivity contribution is 5.82. The van der Waals surface area contributed by atoms with Crippen LogP contribution in [0.25, 0.3) is 11.0 Å². The number of fused-ring (bicyclic) bond motifs is 1. The predicted molar refractivity (Wildman–Crippen MR) is 70.8 cm³/mol. The summed E-state index contributed by atoms with van der Waals surface area (Å²) in [6.07, 6.45) is 5.93. The Kier molecular flexibility index (Phi) is 3.69. The Morgan fingerprint density at radius 2 is 2.28 bits per heavy atom. The largest absolute Gasteiger partial charge is 0.459 e. The van der Waals surface area contributed by atoms with Crippen molar-refractivity contribution in [2.75, 3.05) is 6.54 Å². The summed E-state index contributed by atoms with van der Waals surface area (Å²) in [7, 11) is 0. The van der Waals surface area contributed by atoms with Crippen LogP contribution in [0.1, 0.15) is 30.7 Å². The van der Waals surface area contributed by atoms with Crippen molar-refractivity contribution in [1.29, 1.82) is 0 Å². The van der Waals surface area contributed by atoms with Crippen LogP contribution in [-0.2, 0) is 0 Å². The summed E-state index contributed by atoms with van der Waals surface area (Å²) < 4.78 is 19.0. The maximum Gasteiger partial charge on any atom is 0.134 e. The Balaban J connectivity index is 2.50. The first-order chi connectivity index (χ1) is 8.67. The molecule has 0 amide bonds. The second kappa shape index (κ2) is 5.24. The first-order valence-corrected chi connectivity index (χ1v) is 6.02. The van der Waals surface area contributed by atoms with Crippen LogP contribution in [0.2, 0.25) is 0 Å². The number of hydrogen-bond donors (Lipinski definition) is 1. The summed E-state index contributed by atoms with van der Waals surface area (Å²) >= 11 is 0. The van der Waals surface area contributed by atoms with Gasteiger partial charge in [0.25, 0.3) is 0 Å². The molecule has 2 aromatic rings. The van der Waals surface area contributed by atoms with Crippen LogP contribution in [0, 0.1) is 25.1 Å². The van der Waals surface area contributed by atoms with Gasteiger partial charge < -0.3 is 9.73 Å². The van der Waals surface area contributed by atoms with E-state index in [4.69, 9.17) is 10.8 Å². The van der Waals surface area contributed by atoms with E-state index >= 15 is 0 Å². The summed E-state index contributed by atoms with van der Waals surface area (Å²) in [6, 6.07) is 4.53. The monoisotopic (exact) mass is 245 g/mol. The molecule has 1 heterocycles. The van der Waals surface area contributed by atoms with Crippen molar-refractivity contribution < 1.29 is 8.81 Å². The van der Waals surface area contributed by atoms with E-state index in [1.54, 1.807) is 6.07 Å². The second-order valence-corrected chi connectivity index (χ2v) is 4.25. The van der Waals surface area contributed by atoms with Crippen LogP contribution in [0.15, 0.2) is 22.6 Å². The lowest BCUT2D eigenvalue weighted by Crippen LogP contribution is -2.20. The van der Waals surface area contributed by atoms with Crippen molar-refractivity contribution in [3.8, 4) is 12.3 Å². The summed E-state index contributed by atoms with van der Waals surface area (Å²) in [4.78, 5) is 0. The number of nitrogens with one attached hydrogen (secondary N) is 1. The molecule has 0 aliphatic heterocycles. The number of aryl methyl sites for hydroxylation is 1. The molecule has 0 aliphatic rings. The number of terminal acetylenes is 1. The van der Waals surface area contributed by atoms with Crippen LogP contribution in [0.5, 0.6) is 0 Å². The van der Waals surface area contributed by atoms with E-state index in [9.17, 15) is 4.39 Å². The van der Waals surface area contributed by atoms with E-state index in [1.807, 2.05) is 13.8 Å². The Labute approximate surface area is 106 Å². The molecular formula is C15H16FNO. The smallest absolute Gasteiger partial charge is 0.134 e. The minimum atomic E-state index is -0.255. The van der Waals surface area contributed by atoms with Crippen molar-refractivity contribution in [3.05, 3.63) is 35.3 Å². The van der Waals surface area contributed by atoms with Crippen LogP contribution >= 0.6 is 0 Å². The topological polar surface area (TPSA) is 25.2 Å². The molecule has 94 valence electrons. The molecule has 0 spiro atoms. The third-order valence-electron chi connectivity index (χ3n) is 3.02. The molecule has 2 nitrogen and oxygen atoms in total. The number of rotatable bonds is 4. The first-order valence-electron chi connectivity index (χ1n) is 6.02. The van der Waals surface area contributed by atoms with Crippen LogP contribution in [0.4, 0.5) is 4.39 Å². The number of hydrogen-bond acceptors (Lipinski definition) is 2. The fourth-order valence-corrected chi connectivity index (χ4v) is 2.17. The van der Waals surface area contributed by atoms with Crippen LogP contribution < -0.4 is 5.32 Å². The maximum atomic E-state index is 13.2. The fraction of sp³-hybridized carbons (Fsp3) is 0.333. The van der Waals surface area contributed by atoms with Crippen molar-refractivity contribution in [1.82, 2.24) is 5.32 Å². The Hall–Kier alpha value is -1.79. The zero-order valence-electron chi connectivity index (χ0n) is 10.6. The molecule has 0 bridgehead atoms. The van der Waals surface area contributed by atoms with Gasteiger partial charge in [0, 0.05) is 17.4 Å². The number of halogens is 1. The van der Waals surface area contributed by atoms with Gasteiger partial charge in [0.05, 0.1) is 6.04 Å². The SMILES string of the molecule is C#CCC(NCC)c1oc2ccc(F)cc2c1C. The van der Waals surface area contributed by atoms with E-state index in [-0.39, 0.29) is 11.9 Å². The maximum absolute atomic E-state index is 13.2.